The molecule has 2 aromatic rings. The second kappa shape index (κ2) is 7.96. The molecule has 0 aliphatic heterocycles. The van der Waals surface area contributed by atoms with Gasteiger partial charge in [-0.1, -0.05) is 18.2 Å². The molecule has 25 heavy (non-hydrogen) atoms. The Balaban J connectivity index is 1.99. The number of amides is 1. The molecule has 2 N–H and O–H groups in total. The lowest BCUT2D eigenvalue weighted by Gasteiger charge is -2.10. The number of hydrogen-bond donors (Lipinski definition) is 2. The van der Waals surface area contributed by atoms with Gasteiger partial charge in [0.2, 0.25) is 0 Å². The molecule has 0 heterocycles. The van der Waals surface area contributed by atoms with E-state index in [0.717, 1.165) is 5.56 Å². The second-order valence-electron chi connectivity index (χ2n) is 5.18. The SMILES string of the molecule is COC(=O)c1ccccc1NC(=O)COC(=O)c1ccc(C)cc1O. The van der Waals surface area contributed by atoms with Gasteiger partial charge in [-0.25, -0.2) is 9.59 Å². The monoisotopic (exact) mass is 343 g/mol. The van der Waals surface area contributed by atoms with E-state index in [0.29, 0.717) is 0 Å². The Hall–Kier alpha value is -3.35. The van der Waals surface area contributed by atoms with Crippen molar-refractivity contribution >= 4 is 23.5 Å². The first-order chi connectivity index (χ1) is 11.9. The van der Waals surface area contributed by atoms with Gasteiger partial charge in [0.15, 0.2) is 6.61 Å². The van der Waals surface area contributed by atoms with E-state index in [1.54, 1.807) is 25.1 Å². The van der Waals surface area contributed by atoms with Gasteiger partial charge in [0.25, 0.3) is 5.91 Å². The van der Waals surface area contributed by atoms with Crippen LogP contribution in [-0.2, 0) is 14.3 Å². The van der Waals surface area contributed by atoms with Gasteiger partial charge in [-0.2, -0.15) is 0 Å². The maximum absolute atomic E-state index is 11.9. The Morgan fingerprint density at radius 2 is 1.76 bits per heavy atom. The summed E-state index contributed by atoms with van der Waals surface area (Å²) >= 11 is 0. The Kier molecular flexibility index (Phi) is 5.73. The normalized spacial score (nSPS) is 10.0. The number of para-hydroxylation sites is 1. The van der Waals surface area contributed by atoms with Gasteiger partial charge in [-0.3, -0.25) is 4.79 Å². The number of anilines is 1. The smallest absolute Gasteiger partial charge is 0.342 e. The van der Waals surface area contributed by atoms with Gasteiger partial charge in [-0.05, 0) is 36.8 Å². The molecule has 7 nitrogen and oxygen atoms in total. The minimum absolute atomic E-state index is 0.0339. The number of phenols is 1. The zero-order valence-electron chi connectivity index (χ0n) is 13.7. The van der Waals surface area contributed by atoms with Crippen LogP contribution >= 0.6 is 0 Å². The van der Waals surface area contributed by atoms with Crippen molar-refractivity contribution in [2.24, 2.45) is 0 Å². The lowest BCUT2D eigenvalue weighted by molar-refractivity contribution is -0.119. The molecular formula is C18H17NO6. The zero-order chi connectivity index (χ0) is 18.4. The van der Waals surface area contributed by atoms with Crippen molar-refractivity contribution in [1.82, 2.24) is 0 Å². The number of carbonyl (C=O) groups excluding carboxylic acids is 3. The summed E-state index contributed by atoms with van der Waals surface area (Å²) in [4.78, 5) is 35.5. The second-order valence-corrected chi connectivity index (χ2v) is 5.18. The quantitative estimate of drug-likeness (QED) is 0.808. The summed E-state index contributed by atoms with van der Waals surface area (Å²) in [5, 5.41) is 12.2. The predicted molar refractivity (Wildman–Crippen MR) is 89.5 cm³/mol. The van der Waals surface area contributed by atoms with Crippen LogP contribution in [0.3, 0.4) is 0 Å². The standard InChI is InChI=1S/C18H17NO6/c1-11-7-8-13(15(20)9-11)18(23)25-10-16(21)19-14-6-4-3-5-12(14)17(22)24-2/h3-9,20H,10H2,1-2H3,(H,19,21). The van der Waals surface area contributed by atoms with E-state index in [9.17, 15) is 19.5 Å². The predicted octanol–water partition coefficient (Wildman–Crippen LogP) is 2.28. The fourth-order valence-corrected chi connectivity index (χ4v) is 2.09. The molecule has 0 aliphatic carbocycles. The number of nitrogens with one attached hydrogen (secondary N) is 1. The molecule has 0 saturated heterocycles. The van der Waals surface area contributed by atoms with E-state index in [1.165, 1.54) is 31.4 Å². The number of esters is 2. The number of benzene rings is 2. The molecule has 2 rings (SSSR count). The molecule has 0 aromatic heterocycles. The number of ether oxygens (including phenoxy) is 2. The molecule has 0 fully saturated rings. The maximum Gasteiger partial charge on any atom is 0.342 e. The van der Waals surface area contributed by atoms with Crippen molar-refractivity contribution in [2.75, 3.05) is 19.0 Å². The van der Waals surface area contributed by atoms with Crippen LogP contribution in [-0.4, -0.2) is 36.7 Å². The van der Waals surface area contributed by atoms with Crippen molar-refractivity contribution in [2.45, 2.75) is 6.92 Å². The fourth-order valence-electron chi connectivity index (χ4n) is 2.09. The van der Waals surface area contributed by atoms with Gasteiger partial charge in [0.1, 0.15) is 11.3 Å². The minimum Gasteiger partial charge on any atom is -0.507 e. The van der Waals surface area contributed by atoms with Crippen molar-refractivity contribution in [3.8, 4) is 5.75 Å². The van der Waals surface area contributed by atoms with Gasteiger partial charge in [0, 0.05) is 0 Å². The number of phenolic OH excluding ortho intramolecular Hbond substituents is 1. The van der Waals surface area contributed by atoms with Crippen LogP contribution in [0.15, 0.2) is 42.5 Å². The molecule has 2 aromatic carbocycles. The lowest BCUT2D eigenvalue weighted by Crippen LogP contribution is -2.22. The Morgan fingerprint density at radius 1 is 1.04 bits per heavy atom. The van der Waals surface area contributed by atoms with E-state index < -0.39 is 24.5 Å². The highest BCUT2D eigenvalue weighted by atomic mass is 16.5. The minimum atomic E-state index is -0.825. The van der Waals surface area contributed by atoms with Crippen LogP contribution in [0.1, 0.15) is 26.3 Å². The molecule has 0 atom stereocenters. The first-order valence-corrected chi connectivity index (χ1v) is 7.36. The molecular weight excluding hydrogens is 326 g/mol. The molecule has 1 amide bonds. The highest BCUT2D eigenvalue weighted by Crippen LogP contribution is 2.19. The van der Waals surface area contributed by atoms with Crippen molar-refractivity contribution in [3.63, 3.8) is 0 Å². The van der Waals surface area contributed by atoms with Crippen LogP contribution in [0.2, 0.25) is 0 Å². The van der Waals surface area contributed by atoms with Crippen molar-refractivity contribution < 1.29 is 29.0 Å². The summed E-state index contributed by atoms with van der Waals surface area (Å²) in [5.41, 5.74) is 1.18. The molecule has 0 spiro atoms. The first-order valence-electron chi connectivity index (χ1n) is 7.36. The highest BCUT2D eigenvalue weighted by Gasteiger charge is 2.16. The number of aromatic hydroxyl groups is 1. The Morgan fingerprint density at radius 3 is 2.44 bits per heavy atom. The van der Waals surface area contributed by atoms with Crippen LogP contribution < -0.4 is 5.32 Å². The van der Waals surface area contributed by atoms with Crippen LogP contribution in [0.4, 0.5) is 5.69 Å². The Labute approximate surface area is 144 Å². The summed E-state index contributed by atoms with van der Waals surface area (Å²) in [7, 11) is 1.23. The lowest BCUT2D eigenvalue weighted by atomic mass is 10.1. The number of methoxy groups -OCH3 is 1. The molecule has 130 valence electrons. The third-order valence-electron chi connectivity index (χ3n) is 3.31. The molecule has 7 heteroatoms. The average Bonchev–Trinajstić information content (AvgIpc) is 2.59. The summed E-state index contributed by atoms with van der Waals surface area (Å²) in [5.74, 6) is -2.27. The van der Waals surface area contributed by atoms with Gasteiger partial charge < -0.3 is 19.9 Å². The first kappa shape index (κ1) is 18.0. The highest BCUT2D eigenvalue weighted by molar-refractivity contribution is 6.02. The van der Waals surface area contributed by atoms with Crippen molar-refractivity contribution in [1.29, 1.82) is 0 Å². The van der Waals surface area contributed by atoms with E-state index >= 15 is 0 Å². The molecule has 0 unspecified atom stereocenters. The summed E-state index contributed by atoms with van der Waals surface area (Å²) in [6.07, 6.45) is 0. The van der Waals surface area contributed by atoms with Crippen molar-refractivity contribution in [3.05, 3.63) is 59.2 Å². The van der Waals surface area contributed by atoms with E-state index in [2.05, 4.69) is 10.1 Å². The van der Waals surface area contributed by atoms with E-state index in [4.69, 9.17) is 4.74 Å². The summed E-state index contributed by atoms with van der Waals surface area (Å²) in [6, 6.07) is 10.8. The maximum atomic E-state index is 11.9. The number of rotatable bonds is 5. The molecule has 0 bridgehead atoms. The average molecular weight is 343 g/mol. The summed E-state index contributed by atoms with van der Waals surface area (Å²) < 4.78 is 9.52. The molecule has 0 radical (unpaired) electrons. The Bertz CT molecular complexity index is 815. The number of aryl methyl sites for hydroxylation is 1. The third kappa shape index (κ3) is 4.57. The number of carbonyl (C=O) groups is 3. The van der Waals surface area contributed by atoms with Crippen LogP contribution in [0.25, 0.3) is 0 Å². The fraction of sp³-hybridized carbons (Fsp3) is 0.167. The van der Waals surface area contributed by atoms with Crippen LogP contribution in [0.5, 0.6) is 5.75 Å². The van der Waals surface area contributed by atoms with E-state index in [1.807, 2.05) is 0 Å². The largest absolute Gasteiger partial charge is 0.507 e. The topological polar surface area (TPSA) is 102 Å². The van der Waals surface area contributed by atoms with Gasteiger partial charge in [0.05, 0.1) is 18.4 Å². The van der Waals surface area contributed by atoms with Gasteiger partial charge >= 0.3 is 11.9 Å². The third-order valence-corrected chi connectivity index (χ3v) is 3.31. The summed E-state index contributed by atoms with van der Waals surface area (Å²) in [6.45, 7) is 1.20. The molecule has 0 saturated carbocycles. The zero-order valence-corrected chi connectivity index (χ0v) is 13.7. The molecule has 0 aliphatic rings. The van der Waals surface area contributed by atoms with Crippen LogP contribution in [0, 0.1) is 6.92 Å². The number of hydrogen-bond acceptors (Lipinski definition) is 6. The van der Waals surface area contributed by atoms with Gasteiger partial charge in [-0.15, -0.1) is 0 Å². The van der Waals surface area contributed by atoms with E-state index in [-0.39, 0.29) is 22.6 Å².